The summed E-state index contributed by atoms with van der Waals surface area (Å²) in [6.45, 7) is 0. The molecule has 1 N–H and O–H groups in total. The number of methoxy groups -OCH3 is 1. The Kier molecular flexibility index (Phi) is 4.29. The summed E-state index contributed by atoms with van der Waals surface area (Å²) in [7, 11) is 1.58. The second kappa shape index (κ2) is 6.53. The van der Waals surface area contributed by atoms with Gasteiger partial charge in [0, 0.05) is 0 Å². The van der Waals surface area contributed by atoms with Gasteiger partial charge in [-0.25, -0.2) is 0 Å². The van der Waals surface area contributed by atoms with Gasteiger partial charge in [-0.15, -0.1) is 0 Å². The lowest BCUT2D eigenvalue weighted by Crippen LogP contribution is -2.14. The van der Waals surface area contributed by atoms with Gasteiger partial charge < -0.3 is 9.84 Å². The van der Waals surface area contributed by atoms with Crippen molar-refractivity contribution in [2.45, 2.75) is 12.3 Å². The Bertz CT molecular complexity index is 834. The Labute approximate surface area is 135 Å². The van der Waals surface area contributed by atoms with Crippen molar-refractivity contribution < 1.29 is 14.6 Å². The second-order valence-electron chi connectivity index (χ2n) is 5.51. The van der Waals surface area contributed by atoms with Gasteiger partial charge in [-0.3, -0.25) is 4.79 Å². The molecule has 3 heteroatoms. The van der Waals surface area contributed by atoms with Crippen LogP contribution in [0.1, 0.15) is 17.0 Å². The molecule has 0 saturated carbocycles. The van der Waals surface area contributed by atoms with E-state index >= 15 is 0 Å². The molecule has 3 nitrogen and oxygen atoms in total. The maximum absolute atomic E-state index is 11.8. The summed E-state index contributed by atoms with van der Waals surface area (Å²) >= 11 is 0. The molecule has 0 spiro atoms. The van der Waals surface area contributed by atoms with Crippen LogP contribution < -0.4 is 4.74 Å². The molecular formula is C20H18O3. The summed E-state index contributed by atoms with van der Waals surface area (Å²) in [5, 5.41) is 11.9. The molecule has 3 rings (SSSR count). The van der Waals surface area contributed by atoms with Crippen LogP contribution in [-0.2, 0) is 11.2 Å². The van der Waals surface area contributed by atoms with Crippen LogP contribution >= 0.6 is 0 Å². The Hall–Kier alpha value is -2.81. The van der Waals surface area contributed by atoms with Gasteiger partial charge in [0.1, 0.15) is 5.75 Å². The zero-order valence-electron chi connectivity index (χ0n) is 12.9. The molecule has 1 atom stereocenters. The predicted molar refractivity (Wildman–Crippen MR) is 91.0 cm³/mol. The summed E-state index contributed by atoms with van der Waals surface area (Å²) in [6.07, 6.45) is 0.448. The molecule has 0 saturated heterocycles. The molecule has 23 heavy (non-hydrogen) atoms. The number of carboxylic acid groups (broad SMARTS) is 1. The molecule has 1 unspecified atom stereocenters. The lowest BCUT2D eigenvalue weighted by molar-refractivity contribution is -0.138. The molecule has 3 aromatic carbocycles. The summed E-state index contributed by atoms with van der Waals surface area (Å²) in [5.41, 5.74) is 1.79. The minimum Gasteiger partial charge on any atom is -0.497 e. The minimum atomic E-state index is -0.828. The van der Waals surface area contributed by atoms with Crippen LogP contribution in [0.5, 0.6) is 5.75 Å². The molecule has 0 heterocycles. The van der Waals surface area contributed by atoms with E-state index in [1.54, 1.807) is 13.2 Å². The third-order valence-electron chi connectivity index (χ3n) is 4.10. The SMILES string of the molecule is COc1cccc(C(Cc2cccc3ccccc23)C(=O)O)c1. The van der Waals surface area contributed by atoms with Gasteiger partial charge >= 0.3 is 5.97 Å². The Balaban J connectivity index is 2.00. The van der Waals surface area contributed by atoms with Crippen LogP contribution in [0.25, 0.3) is 10.8 Å². The van der Waals surface area contributed by atoms with Gasteiger partial charge in [-0.2, -0.15) is 0 Å². The Morgan fingerprint density at radius 2 is 1.78 bits per heavy atom. The number of aliphatic carboxylic acids is 1. The molecule has 0 radical (unpaired) electrons. The van der Waals surface area contributed by atoms with Crippen molar-refractivity contribution in [2.75, 3.05) is 7.11 Å². The second-order valence-corrected chi connectivity index (χ2v) is 5.51. The lowest BCUT2D eigenvalue weighted by atomic mass is 9.89. The van der Waals surface area contributed by atoms with E-state index in [4.69, 9.17) is 4.74 Å². The topological polar surface area (TPSA) is 46.5 Å². The highest BCUT2D eigenvalue weighted by Gasteiger charge is 2.21. The number of ether oxygens (including phenoxy) is 1. The van der Waals surface area contributed by atoms with Gasteiger partial charge in [0.15, 0.2) is 0 Å². The highest BCUT2D eigenvalue weighted by atomic mass is 16.5. The average molecular weight is 306 g/mol. The highest BCUT2D eigenvalue weighted by molar-refractivity contribution is 5.86. The number of carboxylic acids is 1. The van der Waals surface area contributed by atoms with E-state index in [9.17, 15) is 9.90 Å². The maximum Gasteiger partial charge on any atom is 0.311 e. The number of hydrogen-bond acceptors (Lipinski definition) is 2. The van der Waals surface area contributed by atoms with Crippen LogP contribution in [0.4, 0.5) is 0 Å². The van der Waals surface area contributed by atoms with Crippen LogP contribution in [-0.4, -0.2) is 18.2 Å². The zero-order chi connectivity index (χ0) is 16.2. The van der Waals surface area contributed by atoms with Gasteiger partial charge in [-0.05, 0) is 40.5 Å². The minimum absolute atomic E-state index is 0.448. The van der Waals surface area contributed by atoms with Gasteiger partial charge in [0.25, 0.3) is 0 Å². The highest BCUT2D eigenvalue weighted by Crippen LogP contribution is 2.28. The van der Waals surface area contributed by atoms with E-state index in [1.807, 2.05) is 60.7 Å². The van der Waals surface area contributed by atoms with Crippen LogP contribution in [0.15, 0.2) is 66.7 Å². The standard InChI is InChI=1S/C20H18O3/c1-23-17-10-5-9-15(12-17)19(20(21)22)13-16-8-4-7-14-6-2-3-11-18(14)16/h2-12,19H,13H2,1H3,(H,21,22). The quantitative estimate of drug-likeness (QED) is 0.766. The average Bonchev–Trinajstić information content (AvgIpc) is 2.59. The van der Waals surface area contributed by atoms with E-state index in [0.29, 0.717) is 12.2 Å². The van der Waals surface area contributed by atoms with Crippen molar-refractivity contribution in [3.63, 3.8) is 0 Å². The number of carbonyl (C=O) groups is 1. The molecule has 3 aromatic rings. The van der Waals surface area contributed by atoms with Crippen LogP contribution in [0.2, 0.25) is 0 Å². The molecule has 0 aromatic heterocycles. The van der Waals surface area contributed by atoms with E-state index in [2.05, 4.69) is 0 Å². The molecule has 0 bridgehead atoms. The van der Waals surface area contributed by atoms with Crippen molar-refractivity contribution in [2.24, 2.45) is 0 Å². The van der Waals surface area contributed by atoms with Gasteiger partial charge in [0.05, 0.1) is 13.0 Å². The number of rotatable bonds is 5. The number of benzene rings is 3. The third-order valence-corrected chi connectivity index (χ3v) is 4.10. The molecule has 0 aliphatic heterocycles. The fraction of sp³-hybridized carbons (Fsp3) is 0.150. The van der Waals surface area contributed by atoms with Crippen molar-refractivity contribution in [1.82, 2.24) is 0 Å². The normalized spacial score (nSPS) is 12.0. The first-order chi connectivity index (χ1) is 11.2. The Morgan fingerprint density at radius 3 is 2.57 bits per heavy atom. The molecule has 0 amide bonds. The van der Waals surface area contributed by atoms with Crippen molar-refractivity contribution in [1.29, 1.82) is 0 Å². The van der Waals surface area contributed by atoms with Crippen LogP contribution in [0.3, 0.4) is 0 Å². The van der Waals surface area contributed by atoms with Crippen molar-refractivity contribution >= 4 is 16.7 Å². The summed E-state index contributed by atoms with van der Waals surface area (Å²) < 4.78 is 5.21. The Morgan fingerprint density at radius 1 is 1.04 bits per heavy atom. The smallest absolute Gasteiger partial charge is 0.311 e. The molecule has 0 aliphatic carbocycles. The predicted octanol–water partition coefficient (Wildman–Crippen LogP) is 4.26. The zero-order valence-corrected chi connectivity index (χ0v) is 12.9. The molecular weight excluding hydrogens is 288 g/mol. The van der Waals surface area contributed by atoms with Crippen molar-refractivity contribution in [3.8, 4) is 5.75 Å². The van der Waals surface area contributed by atoms with Gasteiger partial charge in [-0.1, -0.05) is 54.6 Å². The largest absolute Gasteiger partial charge is 0.497 e. The van der Waals surface area contributed by atoms with Gasteiger partial charge in [0.2, 0.25) is 0 Å². The van der Waals surface area contributed by atoms with E-state index in [-0.39, 0.29) is 0 Å². The van der Waals surface area contributed by atoms with E-state index in [0.717, 1.165) is 21.9 Å². The number of fused-ring (bicyclic) bond motifs is 1. The summed E-state index contributed by atoms with van der Waals surface area (Å²) in [6, 6.07) is 21.3. The van der Waals surface area contributed by atoms with E-state index in [1.165, 1.54) is 0 Å². The lowest BCUT2D eigenvalue weighted by Gasteiger charge is -2.15. The van der Waals surface area contributed by atoms with Crippen LogP contribution in [0, 0.1) is 0 Å². The molecule has 116 valence electrons. The fourth-order valence-electron chi connectivity index (χ4n) is 2.90. The monoisotopic (exact) mass is 306 g/mol. The summed E-state index contributed by atoms with van der Waals surface area (Å²) in [4.78, 5) is 11.8. The van der Waals surface area contributed by atoms with Crippen molar-refractivity contribution in [3.05, 3.63) is 77.9 Å². The first-order valence-corrected chi connectivity index (χ1v) is 7.52. The van der Waals surface area contributed by atoms with E-state index < -0.39 is 11.9 Å². The summed E-state index contributed by atoms with van der Waals surface area (Å²) in [5.74, 6) is -0.756. The third kappa shape index (κ3) is 3.19. The maximum atomic E-state index is 11.8. The molecule has 0 fully saturated rings. The first-order valence-electron chi connectivity index (χ1n) is 7.52. The fourth-order valence-corrected chi connectivity index (χ4v) is 2.90. The first kappa shape index (κ1) is 15.1. The molecule has 0 aliphatic rings. The number of hydrogen-bond donors (Lipinski definition) is 1.